The molecule has 146 valence electrons. The second-order valence-corrected chi connectivity index (χ2v) is 8.89. The van der Waals surface area contributed by atoms with E-state index in [-0.39, 0.29) is 16.4 Å². The third kappa shape index (κ3) is 4.84. The van der Waals surface area contributed by atoms with Gasteiger partial charge in [0.05, 0.1) is 10.5 Å². The van der Waals surface area contributed by atoms with Crippen molar-refractivity contribution in [1.82, 2.24) is 14.5 Å². The molecule has 0 spiro atoms. The summed E-state index contributed by atoms with van der Waals surface area (Å²) in [5.74, 6) is 0.270. The first-order chi connectivity index (χ1) is 12.4. The fourth-order valence-electron chi connectivity index (χ4n) is 3.35. The van der Waals surface area contributed by atoms with Crippen molar-refractivity contribution in [2.75, 3.05) is 40.3 Å². The average Bonchev–Trinajstić information content (AvgIpc) is 2.66. The van der Waals surface area contributed by atoms with E-state index in [1.54, 1.807) is 36.2 Å². The lowest BCUT2D eigenvalue weighted by molar-refractivity contribution is 0.0789. The Hall–Kier alpha value is -1.44. The number of piperidine rings is 1. The standard InChI is InChI=1S/C19H31N3O3S/c1-4-5-12-21(3)19(23)17-8-6-7-9-18(17)26(24,25)22-13-10-16(11-14-22)15-20-2/h6-9,16,20H,4-5,10-15H2,1-3H3. The molecule has 1 aliphatic rings. The molecule has 1 amide bonds. The predicted octanol–water partition coefficient (Wildman–Crippen LogP) is 2.18. The average molecular weight is 382 g/mol. The molecule has 0 bridgehead atoms. The molecule has 0 aliphatic carbocycles. The maximum atomic E-state index is 13.2. The zero-order valence-electron chi connectivity index (χ0n) is 16.1. The molecule has 0 saturated carbocycles. The van der Waals surface area contributed by atoms with Crippen LogP contribution in [0, 0.1) is 5.92 Å². The van der Waals surface area contributed by atoms with E-state index in [1.165, 1.54) is 4.31 Å². The molecule has 1 saturated heterocycles. The highest BCUT2D eigenvalue weighted by atomic mass is 32.2. The van der Waals surface area contributed by atoms with Gasteiger partial charge in [0.2, 0.25) is 10.0 Å². The van der Waals surface area contributed by atoms with Gasteiger partial charge in [-0.3, -0.25) is 4.79 Å². The second kappa shape index (κ2) is 9.48. The number of sulfonamides is 1. The first kappa shape index (κ1) is 20.9. The quantitative estimate of drug-likeness (QED) is 0.749. The Morgan fingerprint density at radius 3 is 2.54 bits per heavy atom. The van der Waals surface area contributed by atoms with Crippen molar-refractivity contribution in [1.29, 1.82) is 0 Å². The molecule has 6 nitrogen and oxygen atoms in total. The van der Waals surface area contributed by atoms with Crippen molar-refractivity contribution in [3.8, 4) is 0 Å². The minimum atomic E-state index is -3.66. The van der Waals surface area contributed by atoms with Gasteiger partial charge < -0.3 is 10.2 Å². The van der Waals surface area contributed by atoms with Crippen LogP contribution in [0.5, 0.6) is 0 Å². The van der Waals surface area contributed by atoms with Gasteiger partial charge in [-0.05, 0) is 50.9 Å². The van der Waals surface area contributed by atoms with Gasteiger partial charge in [-0.2, -0.15) is 4.31 Å². The zero-order chi connectivity index (χ0) is 19.2. The number of nitrogens with zero attached hydrogens (tertiary/aromatic N) is 2. The Morgan fingerprint density at radius 2 is 1.92 bits per heavy atom. The minimum absolute atomic E-state index is 0.125. The minimum Gasteiger partial charge on any atom is -0.342 e. The normalized spacial score (nSPS) is 16.6. The van der Waals surface area contributed by atoms with Crippen molar-refractivity contribution in [3.63, 3.8) is 0 Å². The lowest BCUT2D eigenvalue weighted by atomic mass is 9.98. The van der Waals surface area contributed by atoms with Gasteiger partial charge in [-0.25, -0.2) is 8.42 Å². The van der Waals surface area contributed by atoms with Gasteiger partial charge in [-0.15, -0.1) is 0 Å². The van der Waals surface area contributed by atoms with Crippen LogP contribution in [0.1, 0.15) is 43.0 Å². The van der Waals surface area contributed by atoms with Crippen molar-refractivity contribution in [3.05, 3.63) is 29.8 Å². The monoisotopic (exact) mass is 381 g/mol. The summed E-state index contributed by atoms with van der Waals surface area (Å²) >= 11 is 0. The fourth-order valence-corrected chi connectivity index (χ4v) is 5.01. The lowest BCUT2D eigenvalue weighted by Gasteiger charge is -2.31. The summed E-state index contributed by atoms with van der Waals surface area (Å²) in [5, 5.41) is 3.16. The lowest BCUT2D eigenvalue weighted by Crippen LogP contribution is -2.41. The van der Waals surface area contributed by atoms with Crippen LogP contribution in [0.4, 0.5) is 0 Å². The summed E-state index contributed by atoms with van der Waals surface area (Å²) in [4.78, 5) is 14.5. The predicted molar refractivity (Wildman–Crippen MR) is 104 cm³/mol. The Balaban J connectivity index is 2.21. The maximum Gasteiger partial charge on any atom is 0.254 e. The topological polar surface area (TPSA) is 69.7 Å². The van der Waals surface area contributed by atoms with Crippen LogP contribution < -0.4 is 5.32 Å². The first-order valence-corrected chi connectivity index (χ1v) is 10.8. The summed E-state index contributed by atoms with van der Waals surface area (Å²) in [7, 11) is -0.0212. The zero-order valence-corrected chi connectivity index (χ0v) is 16.9. The van der Waals surface area contributed by atoms with Crippen molar-refractivity contribution < 1.29 is 13.2 Å². The molecule has 1 fully saturated rings. The smallest absolute Gasteiger partial charge is 0.254 e. The molecule has 2 rings (SSSR count). The van der Waals surface area contributed by atoms with Crippen LogP contribution in [-0.2, 0) is 10.0 Å². The summed E-state index contributed by atoms with van der Waals surface area (Å²) in [6.07, 6.45) is 3.56. The van der Waals surface area contributed by atoms with E-state index >= 15 is 0 Å². The molecule has 7 heteroatoms. The Labute approximate surface area is 157 Å². The van der Waals surface area contributed by atoms with Crippen LogP contribution in [0.2, 0.25) is 0 Å². The number of carbonyl (C=O) groups excluding carboxylic acids is 1. The van der Waals surface area contributed by atoms with Crippen molar-refractivity contribution in [2.24, 2.45) is 5.92 Å². The van der Waals surface area contributed by atoms with Crippen LogP contribution in [0.25, 0.3) is 0 Å². The number of benzene rings is 1. The van der Waals surface area contributed by atoms with E-state index < -0.39 is 10.0 Å². The summed E-state index contributed by atoms with van der Waals surface area (Å²) in [6.45, 7) is 4.60. The van der Waals surface area contributed by atoms with E-state index in [4.69, 9.17) is 0 Å². The molecule has 0 radical (unpaired) electrons. The number of unbranched alkanes of at least 4 members (excludes halogenated alkanes) is 1. The highest BCUT2D eigenvalue weighted by Crippen LogP contribution is 2.26. The molecular weight excluding hydrogens is 350 g/mol. The van der Waals surface area contributed by atoms with Gasteiger partial charge in [-0.1, -0.05) is 25.5 Å². The summed E-state index contributed by atoms with van der Waals surface area (Å²) < 4.78 is 27.8. The summed E-state index contributed by atoms with van der Waals surface area (Å²) in [6, 6.07) is 6.57. The van der Waals surface area contributed by atoms with Gasteiger partial charge in [0.1, 0.15) is 0 Å². The van der Waals surface area contributed by atoms with Crippen molar-refractivity contribution in [2.45, 2.75) is 37.5 Å². The molecule has 0 unspecified atom stereocenters. The SMILES string of the molecule is CCCCN(C)C(=O)c1ccccc1S(=O)(=O)N1CCC(CNC)CC1. The van der Waals surface area contributed by atoms with E-state index in [1.807, 2.05) is 7.05 Å². The Kier molecular flexibility index (Phi) is 7.61. The van der Waals surface area contributed by atoms with Crippen LogP contribution in [0.3, 0.4) is 0 Å². The number of rotatable bonds is 8. The molecule has 0 aromatic heterocycles. The van der Waals surface area contributed by atoms with E-state index in [0.29, 0.717) is 25.6 Å². The van der Waals surface area contributed by atoms with E-state index in [2.05, 4.69) is 12.2 Å². The number of nitrogens with one attached hydrogen (secondary N) is 1. The molecule has 1 aromatic rings. The Bertz CT molecular complexity index is 698. The largest absolute Gasteiger partial charge is 0.342 e. The molecule has 1 aromatic carbocycles. The van der Waals surface area contributed by atoms with E-state index in [9.17, 15) is 13.2 Å². The third-order valence-electron chi connectivity index (χ3n) is 5.00. The van der Waals surface area contributed by atoms with E-state index in [0.717, 1.165) is 32.2 Å². The molecule has 1 N–H and O–H groups in total. The van der Waals surface area contributed by atoms with Gasteiger partial charge in [0.15, 0.2) is 0 Å². The summed E-state index contributed by atoms with van der Waals surface area (Å²) in [5.41, 5.74) is 0.267. The van der Waals surface area contributed by atoms with Crippen LogP contribution in [-0.4, -0.2) is 63.8 Å². The van der Waals surface area contributed by atoms with Gasteiger partial charge in [0, 0.05) is 26.7 Å². The van der Waals surface area contributed by atoms with Crippen molar-refractivity contribution >= 4 is 15.9 Å². The molecule has 1 heterocycles. The second-order valence-electron chi connectivity index (χ2n) is 6.98. The molecular formula is C19H31N3O3S. The number of hydrogen-bond donors (Lipinski definition) is 1. The van der Waals surface area contributed by atoms with Gasteiger partial charge >= 0.3 is 0 Å². The number of carbonyl (C=O) groups is 1. The molecule has 0 atom stereocenters. The Morgan fingerprint density at radius 1 is 1.27 bits per heavy atom. The number of hydrogen-bond acceptors (Lipinski definition) is 4. The third-order valence-corrected chi connectivity index (χ3v) is 6.95. The molecule has 1 aliphatic heterocycles. The molecule has 26 heavy (non-hydrogen) atoms. The number of amides is 1. The van der Waals surface area contributed by atoms with Crippen LogP contribution in [0.15, 0.2) is 29.2 Å². The maximum absolute atomic E-state index is 13.2. The first-order valence-electron chi connectivity index (χ1n) is 9.41. The highest BCUT2D eigenvalue weighted by molar-refractivity contribution is 7.89. The highest BCUT2D eigenvalue weighted by Gasteiger charge is 2.32. The van der Waals surface area contributed by atoms with Gasteiger partial charge in [0.25, 0.3) is 5.91 Å². The van der Waals surface area contributed by atoms with Crippen LogP contribution >= 0.6 is 0 Å². The fraction of sp³-hybridized carbons (Fsp3) is 0.632.